The zero-order chi connectivity index (χ0) is 11.7. The van der Waals surface area contributed by atoms with Crippen LogP contribution in [0.15, 0.2) is 4.47 Å². The van der Waals surface area contributed by atoms with Crippen LogP contribution in [0.3, 0.4) is 0 Å². The first kappa shape index (κ1) is 12.4. The summed E-state index contributed by atoms with van der Waals surface area (Å²) >= 11 is 2.34. The van der Waals surface area contributed by atoms with Crippen LogP contribution in [-0.2, 0) is 0 Å². The zero-order valence-corrected chi connectivity index (χ0v) is 8.78. The van der Waals surface area contributed by atoms with E-state index in [4.69, 9.17) is 10.8 Å². The highest BCUT2D eigenvalue weighted by Crippen LogP contribution is 2.31. The first-order chi connectivity index (χ1) is 6.91. The smallest absolute Gasteiger partial charge is 0.176 e. The van der Waals surface area contributed by atoms with Crippen molar-refractivity contribution in [1.29, 1.82) is 0 Å². The summed E-state index contributed by atoms with van der Waals surface area (Å²) in [5, 5.41) is 9.08. The van der Waals surface area contributed by atoms with Crippen molar-refractivity contribution in [3.63, 3.8) is 0 Å². The molecule has 0 spiro atoms. The Labute approximate surface area is 90.8 Å². The van der Waals surface area contributed by atoms with Crippen molar-refractivity contribution in [1.82, 2.24) is 0 Å². The van der Waals surface area contributed by atoms with Crippen LogP contribution in [0.25, 0.3) is 0 Å². The van der Waals surface area contributed by atoms with Crippen LogP contribution in [-0.4, -0.2) is 11.7 Å². The maximum atomic E-state index is 13.1. The third-order valence-electron chi connectivity index (χ3n) is 1.80. The minimum atomic E-state index is -1.79. The molecule has 0 saturated carbocycles. The summed E-state index contributed by atoms with van der Waals surface area (Å²) in [6.07, 6.45) is -1.79. The van der Waals surface area contributed by atoms with Gasteiger partial charge in [-0.1, -0.05) is 0 Å². The number of benzene rings is 1. The molecule has 0 bridgehead atoms. The zero-order valence-electron chi connectivity index (χ0n) is 7.20. The van der Waals surface area contributed by atoms with E-state index < -0.39 is 46.0 Å². The van der Waals surface area contributed by atoms with Crippen LogP contribution in [0, 0.1) is 23.3 Å². The third kappa shape index (κ3) is 1.99. The van der Waals surface area contributed by atoms with E-state index in [-0.39, 0.29) is 0 Å². The van der Waals surface area contributed by atoms with E-state index in [1.807, 2.05) is 0 Å². The molecule has 0 radical (unpaired) electrons. The summed E-state index contributed by atoms with van der Waals surface area (Å²) in [6.45, 7) is -0.547. The predicted octanol–water partition coefficient (Wildman–Crippen LogP) is 2.00. The van der Waals surface area contributed by atoms with Gasteiger partial charge in [0.1, 0.15) is 0 Å². The fraction of sp³-hybridized carbons (Fsp3) is 0.250. The van der Waals surface area contributed by atoms with Crippen molar-refractivity contribution < 1.29 is 22.7 Å². The molecule has 7 heteroatoms. The van der Waals surface area contributed by atoms with Crippen LogP contribution < -0.4 is 5.73 Å². The molecular formula is C8H6BrF4NO. The molecule has 15 heavy (non-hydrogen) atoms. The predicted molar refractivity (Wildman–Crippen MR) is 48.0 cm³/mol. The SMILES string of the molecule is NCC(O)c1c(F)c(F)c(Br)c(F)c1F. The van der Waals surface area contributed by atoms with Crippen molar-refractivity contribution >= 4 is 15.9 Å². The number of aliphatic hydroxyl groups excluding tert-OH is 1. The summed E-state index contributed by atoms with van der Waals surface area (Å²) in [4.78, 5) is 0. The number of rotatable bonds is 2. The van der Waals surface area contributed by atoms with Crippen molar-refractivity contribution in [2.24, 2.45) is 5.73 Å². The number of hydrogen-bond acceptors (Lipinski definition) is 2. The molecule has 0 amide bonds. The lowest BCUT2D eigenvalue weighted by Crippen LogP contribution is -2.17. The lowest BCUT2D eigenvalue weighted by atomic mass is 10.1. The third-order valence-corrected chi connectivity index (χ3v) is 2.50. The average molecular weight is 288 g/mol. The Morgan fingerprint density at radius 2 is 1.47 bits per heavy atom. The van der Waals surface area contributed by atoms with E-state index >= 15 is 0 Å². The molecule has 0 aliphatic heterocycles. The van der Waals surface area contributed by atoms with Gasteiger partial charge in [0.15, 0.2) is 23.3 Å². The van der Waals surface area contributed by atoms with Gasteiger partial charge in [0.25, 0.3) is 0 Å². The standard InChI is InChI=1S/C8H6BrF4NO/c9-4-7(12)5(10)3(2(15)1-14)6(11)8(4)13/h2,15H,1,14H2. The fourth-order valence-corrected chi connectivity index (χ4v) is 1.38. The number of hydrogen-bond donors (Lipinski definition) is 2. The quantitative estimate of drug-likeness (QED) is 0.496. The maximum Gasteiger partial charge on any atom is 0.176 e. The lowest BCUT2D eigenvalue weighted by Gasteiger charge is -2.12. The van der Waals surface area contributed by atoms with Crippen LogP contribution in [0.5, 0.6) is 0 Å². The van der Waals surface area contributed by atoms with E-state index in [9.17, 15) is 17.6 Å². The average Bonchev–Trinajstić information content (AvgIpc) is 2.23. The molecule has 1 unspecified atom stereocenters. The Hall–Kier alpha value is -0.660. The second kappa shape index (κ2) is 4.46. The van der Waals surface area contributed by atoms with Crippen molar-refractivity contribution in [2.45, 2.75) is 6.10 Å². The van der Waals surface area contributed by atoms with Gasteiger partial charge in [-0.3, -0.25) is 0 Å². The van der Waals surface area contributed by atoms with E-state index in [0.29, 0.717) is 0 Å². The van der Waals surface area contributed by atoms with E-state index in [1.165, 1.54) is 0 Å². The largest absolute Gasteiger partial charge is 0.387 e. The van der Waals surface area contributed by atoms with E-state index in [2.05, 4.69) is 15.9 Å². The Kier molecular flexibility index (Phi) is 3.69. The highest BCUT2D eigenvalue weighted by Gasteiger charge is 2.27. The molecule has 0 heterocycles. The molecule has 0 fully saturated rings. The number of nitrogens with two attached hydrogens (primary N) is 1. The van der Waals surface area contributed by atoms with E-state index in [0.717, 1.165) is 0 Å². The Morgan fingerprint density at radius 3 is 1.80 bits per heavy atom. The normalized spacial score (nSPS) is 13.0. The van der Waals surface area contributed by atoms with Gasteiger partial charge in [-0.15, -0.1) is 0 Å². The Bertz CT molecular complexity index is 370. The summed E-state index contributed by atoms with van der Waals surface area (Å²) in [5.74, 6) is -6.51. The van der Waals surface area contributed by atoms with Crippen LogP contribution in [0.2, 0.25) is 0 Å². The summed E-state index contributed by atoms with van der Waals surface area (Å²) < 4.78 is 51.2. The molecule has 84 valence electrons. The summed E-state index contributed by atoms with van der Waals surface area (Å²) in [7, 11) is 0. The lowest BCUT2D eigenvalue weighted by molar-refractivity contribution is 0.173. The second-order valence-electron chi connectivity index (χ2n) is 2.74. The Morgan fingerprint density at radius 1 is 1.07 bits per heavy atom. The molecule has 1 aromatic rings. The van der Waals surface area contributed by atoms with Crippen molar-refractivity contribution in [2.75, 3.05) is 6.54 Å². The molecule has 0 saturated heterocycles. The van der Waals surface area contributed by atoms with Crippen molar-refractivity contribution in [3.8, 4) is 0 Å². The van der Waals surface area contributed by atoms with Gasteiger partial charge < -0.3 is 10.8 Å². The van der Waals surface area contributed by atoms with Crippen LogP contribution >= 0.6 is 15.9 Å². The molecule has 0 aliphatic carbocycles. The first-order valence-corrected chi connectivity index (χ1v) is 4.60. The maximum absolute atomic E-state index is 13.1. The van der Waals surface area contributed by atoms with E-state index in [1.54, 1.807) is 0 Å². The number of aliphatic hydroxyl groups is 1. The highest BCUT2D eigenvalue weighted by atomic mass is 79.9. The summed E-state index contributed by atoms with van der Waals surface area (Å²) in [6, 6.07) is 0. The first-order valence-electron chi connectivity index (χ1n) is 3.81. The van der Waals surface area contributed by atoms with Gasteiger partial charge in [0, 0.05) is 6.54 Å². The molecule has 2 nitrogen and oxygen atoms in total. The monoisotopic (exact) mass is 287 g/mol. The van der Waals surface area contributed by atoms with Gasteiger partial charge >= 0.3 is 0 Å². The molecular weight excluding hydrogens is 282 g/mol. The molecule has 1 atom stereocenters. The minimum absolute atomic E-state index is 0.547. The minimum Gasteiger partial charge on any atom is -0.387 e. The van der Waals surface area contributed by atoms with Crippen molar-refractivity contribution in [3.05, 3.63) is 33.3 Å². The van der Waals surface area contributed by atoms with Gasteiger partial charge in [0.2, 0.25) is 0 Å². The van der Waals surface area contributed by atoms with Gasteiger partial charge in [-0.25, -0.2) is 17.6 Å². The molecule has 1 rings (SSSR count). The topological polar surface area (TPSA) is 46.2 Å². The fourth-order valence-electron chi connectivity index (χ4n) is 1.03. The molecule has 1 aromatic carbocycles. The van der Waals surface area contributed by atoms with Crippen LogP contribution in [0.1, 0.15) is 11.7 Å². The summed E-state index contributed by atoms with van der Waals surface area (Å²) in [5.41, 5.74) is 3.84. The second-order valence-corrected chi connectivity index (χ2v) is 3.53. The van der Waals surface area contributed by atoms with Gasteiger partial charge in [-0.05, 0) is 15.9 Å². The Balaban J connectivity index is 3.52. The van der Waals surface area contributed by atoms with Gasteiger partial charge in [-0.2, -0.15) is 0 Å². The molecule has 0 aromatic heterocycles. The highest BCUT2D eigenvalue weighted by molar-refractivity contribution is 9.10. The number of halogens is 5. The van der Waals surface area contributed by atoms with Gasteiger partial charge in [0.05, 0.1) is 16.1 Å². The molecule has 3 N–H and O–H groups in total. The molecule has 0 aliphatic rings. The van der Waals surface area contributed by atoms with Crippen LogP contribution in [0.4, 0.5) is 17.6 Å².